The summed E-state index contributed by atoms with van der Waals surface area (Å²) in [4.78, 5) is 12.5. The Kier molecular flexibility index (Phi) is 8.02. The summed E-state index contributed by atoms with van der Waals surface area (Å²) in [7, 11) is 0. The molecule has 0 unspecified atom stereocenters. The van der Waals surface area contributed by atoms with E-state index in [1.54, 1.807) is 6.08 Å². The molecule has 0 saturated heterocycles. The molecule has 0 radical (unpaired) electrons. The van der Waals surface area contributed by atoms with E-state index in [1.807, 2.05) is 116 Å². The minimum Gasteiger partial charge on any atom is -0.490 e. The first-order chi connectivity index (χ1) is 17.2. The molecule has 178 valence electrons. The predicted octanol–water partition coefficient (Wildman–Crippen LogP) is 6.75. The maximum Gasteiger partial charge on any atom is 0.185 e. The van der Waals surface area contributed by atoms with Gasteiger partial charge in [0.15, 0.2) is 17.3 Å². The van der Waals surface area contributed by atoms with Crippen molar-refractivity contribution in [2.45, 2.75) is 20.5 Å². The van der Waals surface area contributed by atoms with Gasteiger partial charge < -0.3 is 18.8 Å². The summed E-state index contributed by atoms with van der Waals surface area (Å²) in [5.41, 5.74) is 3.59. The topological polar surface area (TPSA) is 49.7 Å². The van der Waals surface area contributed by atoms with E-state index in [0.717, 1.165) is 34.1 Å². The van der Waals surface area contributed by atoms with Crippen molar-refractivity contribution in [3.63, 3.8) is 0 Å². The van der Waals surface area contributed by atoms with Gasteiger partial charge >= 0.3 is 0 Å². The fourth-order valence-electron chi connectivity index (χ4n) is 3.60. The summed E-state index contributed by atoms with van der Waals surface area (Å²) in [6, 6.07) is 25.0. The van der Waals surface area contributed by atoms with Gasteiger partial charge in [0, 0.05) is 23.6 Å². The minimum absolute atomic E-state index is 0.0371. The van der Waals surface area contributed by atoms with Gasteiger partial charge in [0.2, 0.25) is 0 Å². The molecule has 0 aliphatic heterocycles. The number of ether oxygens (including phenoxy) is 3. The predicted molar refractivity (Wildman–Crippen MR) is 139 cm³/mol. The molecule has 0 N–H and O–H groups in total. The molecule has 0 aliphatic carbocycles. The molecule has 0 atom stereocenters. The summed E-state index contributed by atoms with van der Waals surface area (Å²) in [5.74, 6) is 2.17. The summed E-state index contributed by atoms with van der Waals surface area (Å²) in [6.07, 6.45) is 7.35. The Morgan fingerprint density at radius 1 is 0.800 bits per heavy atom. The van der Waals surface area contributed by atoms with Crippen molar-refractivity contribution >= 4 is 11.9 Å². The first-order valence-corrected chi connectivity index (χ1v) is 11.7. The van der Waals surface area contributed by atoms with Crippen molar-refractivity contribution in [3.05, 3.63) is 114 Å². The molecule has 0 aliphatic rings. The molecule has 0 bridgehead atoms. The average Bonchev–Trinajstić information content (AvgIpc) is 3.43. The second-order valence-electron chi connectivity index (χ2n) is 7.84. The molecule has 4 aromatic rings. The lowest BCUT2D eigenvalue weighted by molar-refractivity contribution is 0.104. The Morgan fingerprint density at radius 2 is 1.49 bits per heavy atom. The molecule has 4 rings (SSSR count). The summed E-state index contributed by atoms with van der Waals surface area (Å²) >= 11 is 0. The van der Waals surface area contributed by atoms with Crippen LogP contribution < -0.4 is 14.2 Å². The van der Waals surface area contributed by atoms with E-state index < -0.39 is 0 Å². The highest BCUT2D eigenvalue weighted by atomic mass is 16.5. The lowest BCUT2D eigenvalue weighted by Gasteiger charge is -2.13. The average molecular weight is 468 g/mol. The zero-order valence-corrected chi connectivity index (χ0v) is 20.0. The highest BCUT2D eigenvalue weighted by molar-refractivity contribution is 6.06. The Morgan fingerprint density at radius 3 is 2.17 bits per heavy atom. The van der Waals surface area contributed by atoms with Crippen LogP contribution in [-0.4, -0.2) is 23.6 Å². The molecule has 1 heterocycles. The molecule has 1 aromatic heterocycles. The van der Waals surface area contributed by atoms with Crippen LogP contribution in [0.1, 0.15) is 35.3 Å². The van der Waals surface area contributed by atoms with Crippen LogP contribution in [0, 0.1) is 0 Å². The fraction of sp³-hybridized carbons (Fsp3) is 0.167. The monoisotopic (exact) mass is 467 g/mol. The van der Waals surface area contributed by atoms with E-state index in [-0.39, 0.29) is 5.78 Å². The van der Waals surface area contributed by atoms with Crippen molar-refractivity contribution in [1.82, 2.24) is 4.57 Å². The highest BCUT2D eigenvalue weighted by Gasteiger charge is 2.07. The van der Waals surface area contributed by atoms with Crippen LogP contribution in [0.4, 0.5) is 0 Å². The van der Waals surface area contributed by atoms with E-state index in [9.17, 15) is 4.79 Å². The van der Waals surface area contributed by atoms with Gasteiger partial charge in [-0.2, -0.15) is 0 Å². The van der Waals surface area contributed by atoms with Crippen molar-refractivity contribution in [2.24, 2.45) is 0 Å². The number of benzene rings is 3. The standard InChI is InChI=1S/C30H29NO4/c1-3-33-29-18-10-24(21-30(29)34-4-2)22-35-27-15-7-23(8-16-27)9-17-28(32)25-11-13-26(14-12-25)31-19-5-6-20-31/h5-21H,3-4,22H2,1-2H3/b17-9+. The van der Waals surface area contributed by atoms with Gasteiger partial charge in [-0.15, -0.1) is 0 Å². The van der Waals surface area contributed by atoms with Gasteiger partial charge in [0.05, 0.1) is 13.2 Å². The number of nitrogens with zero attached hydrogens (tertiary/aromatic N) is 1. The molecule has 0 spiro atoms. The zero-order valence-electron chi connectivity index (χ0n) is 20.0. The van der Waals surface area contributed by atoms with E-state index in [0.29, 0.717) is 25.4 Å². The number of carbonyl (C=O) groups excluding carboxylic acids is 1. The first kappa shape index (κ1) is 23.9. The molecule has 0 amide bonds. The number of hydrogen-bond donors (Lipinski definition) is 0. The number of aromatic nitrogens is 1. The van der Waals surface area contributed by atoms with E-state index in [2.05, 4.69) is 0 Å². The Hall–Kier alpha value is -4.25. The van der Waals surface area contributed by atoms with Crippen molar-refractivity contribution < 1.29 is 19.0 Å². The fourth-order valence-corrected chi connectivity index (χ4v) is 3.60. The molecule has 3 aromatic carbocycles. The minimum atomic E-state index is -0.0371. The highest BCUT2D eigenvalue weighted by Crippen LogP contribution is 2.29. The summed E-state index contributed by atoms with van der Waals surface area (Å²) in [6.45, 7) is 5.47. The quantitative estimate of drug-likeness (QED) is 0.181. The molecule has 5 heteroatoms. The van der Waals surface area contributed by atoms with Crippen LogP contribution in [0.5, 0.6) is 17.2 Å². The largest absolute Gasteiger partial charge is 0.490 e. The Labute approximate surface area is 206 Å². The van der Waals surface area contributed by atoms with Crippen LogP contribution >= 0.6 is 0 Å². The third-order valence-corrected chi connectivity index (χ3v) is 5.37. The molecule has 35 heavy (non-hydrogen) atoms. The second-order valence-corrected chi connectivity index (χ2v) is 7.84. The second kappa shape index (κ2) is 11.7. The molecular formula is C30H29NO4. The smallest absolute Gasteiger partial charge is 0.185 e. The molecular weight excluding hydrogens is 438 g/mol. The van der Waals surface area contributed by atoms with Gasteiger partial charge in [-0.3, -0.25) is 4.79 Å². The van der Waals surface area contributed by atoms with Gasteiger partial charge in [0.1, 0.15) is 12.4 Å². The van der Waals surface area contributed by atoms with Crippen LogP contribution in [0.3, 0.4) is 0 Å². The van der Waals surface area contributed by atoms with Crippen molar-refractivity contribution in [3.8, 4) is 22.9 Å². The lowest BCUT2D eigenvalue weighted by atomic mass is 10.1. The number of carbonyl (C=O) groups is 1. The Balaban J connectivity index is 1.33. The molecule has 0 fully saturated rings. The van der Waals surface area contributed by atoms with Crippen molar-refractivity contribution in [2.75, 3.05) is 13.2 Å². The zero-order chi connectivity index (χ0) is 24.5. The maximum atomic E-state index is 12.5. The van der Waals surface area contributed by atoms with Gasteiger partial charge in [-0.05, 0) is 91.7 Å². The van der Waals surface area contributed by atoms with Crippen LogP contribution in [0.15, 0.2) is 97.3 Å². The Bertz CT molecular complexity index is 1260. The maximum absolute atomic E-state index is 12.5. The van der Waals surface area contributed by atoms with Crippen molar-refractivity contribution in [1.29, 1.82) is 0 Å². The van der Waals surface area contributed by atoms with E-state index >= 15 is 0 Å². The molecule has 5 nitrogen and oxygen atoms in total. The number of allylic oxidation sites excluding steroid dienone is 1. The lowest BCUT2D eigenvalue weighted by Crippen LogP contribution is -2.01. The summed E-state index contributed by atoms with van der Waals surface area (Å²) in [5, 5.41) is 0. The van der Waals surface area contributed by atoms with E-state index in [1.165, 1.54) is 0 Å². The molecule has 0 saturated carbocycles. The van der Waals surface area contributed by atoms with Crippen LogP contribution in [0.2, 0.25) is 0 Å². The number of hydrogen-bond acceptors (Lipinski definition) is 4. The third-order valence-electron chi connectivity index (χ3n) is 5.37. The SMILES string of the molecule is CCOc1ccc(COc2ccc(/C=C/C(=O)c3ccc(-n4cccc4)cc3)cc2)cc1OCC. The van der Waals surface area contributed by atoms with Gasteiger partial charge in [0.25, 0.3) is 0 Å². The van der Waals surface area contributed by atoms with Gasteiger partial charge in [-0.25, -0.2) is 0 Å². The summed E-state index contributed by atoms with van der Waals surface area (Å²) < 4.78 is 19.2. The number of ketones is 1. The number of rotatable bonds is 11. The normalized spacial score (nSPS) is 10.9. The van der Waals surface area contributed by atoms with E-state index in [4.69, 9.17) is 14.2 Å². The van der Waals surface area contributed by atoms with Gasteiger partial charge in [-0.1, -0.05) is 24.3 Å². The van der Waals surface area contributed by atoms with Crippen LogP contribution in [0.25, 0.3) is 11.8 Å². The van der Waals surface area contributed by atoms with Crippen LogP contribution in [-0.2, 0) is 6.61 Å². The third kappa shape index (κ3) is 6.42. The first-order valence-electron chi connectivity index (χ1n) is 11.7.